The van der Waals surface area contributed by atoms with E-state index in [1.807, 2.05) is 35.0 Å². The van der Waals surface area contributed by atoms with Gasteiger partial charge in [-0.3, -0.25) is 4.68 Å². The second-order valence-electron chi connectivity index (χ2n) is 6.40. The predicted molar refractivity (Wildman–Crippen MR) is 85.2 cm³/mol. The molecule has 2 aromatic rings. The number of aliphatic hydroxyl groups excluding tert-OH is 1. The van der Waals surface area contributed by atoms with Gasteiger partial charge in [-0.25, -0.2) is 4.98 Å². The number of nitrogens with one attached hydrogen (secondary N) is 1. The Morgan fingerprint density at radius 2 is 2.09 bits per heavy atom. The van der Waals surface area contributed by atoms with Gasteiger partial charge in [0, 0.05) is 24.5 Å². The molecule has 1 aliphatic carbocycles. The maximum Gasteiger partial charge on any atom is 0.137 e. The lowest BCUT2D eigenvalue weighted by molar-refractivity contribution is 0.0900. The van der Waals surface area contributed by atoms with Crippen molar-refractivity contribution >= 4 is 0 Å². The molecular weight excluding hydrogens is 276 g/mol. The third-order valence-corrected chi connectivity index (χ3v) is 4.65. The minimum Gasteiger partial charge on any atom is -0.388 e. The van der Waals surface area contributed by atoms with Crippen LogP contribution in [0.2, 0.25) is 0 Å². The fourth-order valence-corrected chi connectivity index (χ4v) is 2.85. The molecule has 0 amide bonds. The van der Waals surface area contributed by atoms with E-state index in [0.717, 1.165) is 37.9 Å². The number of nitrogens with zero attached hydrogens (tertiary/aromatic N) is 3. The first-order valence-electron chi connectivity index (χ1n) is 7.98. The highest BCUT2D eigenvalue weighted by Gasteiger charge is 2.49. The molecule has 22 heavy (non-hydrogen) atoms. The SMILES string of the molecule is CC(CCn1cncn1)NCC1(C(O)c2ccccc2)CC1. The Balaban J connectivity index is 1.48. The van der Waals surface area contributed by atoms with Gasteiger partial charge in [0.05, 0.1) is 6.10 Å². The molecule has 1 heterocycles. The first-order chi connectivity index (χ1) is 10.7. The fraction of sp³-hybridized carbons (Fsp3) is 0.529. The molecule has 1 fully saturated rings. The molecule has 2 atom stereocenters. The summed E-state index contributed by atoms with van der Waals surface area (Å²) in [5.74, 6) is 0. The third kappa shape index (κ3) is 3.54. The van der Waals surface area contributed by atoms with Crippen LogP contribution in [0.1, 0.15) is 37.9 Å². The van der Waals surface area contributed by atoms with Crippen LogP contribution in [0.5, 0.6) is 0 Å². The average molecular weight is 300 g/mol. The Kier molecular flexibility index (Phi) is 4.55. The maximum absolute atomic E-state index is 10.6. The predicted octanol–water partition coefficient (Wildman–Crippen LogP) is 2.16. The largest absolute Gasteiger partial charge is 0.388 e. The summed E-state index contributed by atoms with van der Waals surface area (Å²) in [5.41, 5.74) is 1.04. The van der Waals surface area contributed by atoms with Crippen molar-refractivity contribution in [2.45, 2.75) is 44.9 Å². The van der Waals surface area contributed by atoms with Crippen LogP contribution < -0.4 is 5.32 Å². The van der Waals surface area contributed by atoms with Crippen LogP contribution >= 0.6 is 0 Å². The molecule has 1 aromatic carbocycles. The fourth-order valence-electron chi connectivity index (χ4n) is 2.85. The van der Waals surface area contributed by atoms with Gasteiger partial charge in [0.15, 0.2) is 0 Å². The minimum atomic E-state index is -0.372. The van der Waals surface area contributed by atoms with E-state index in [4.69, 9.17) is 0 Å². The highest BCUT2D eigenvalue weighted by molar-refractivity contribution is 5.22. The van der Waals surface area contributed by atoms with Crippen molar-refractivity contribution in [3.05, 3.63) is 48.5 Å². The molecule has 1 aromatic heterocycles. The third-order valence-electron chi connectivity index (χ3n) is 4.65. The molecule has 118 valence electrons. The summed E-state index contributed by atoms with van der Waals surface area (Å²) in [6.45, 7) is 3.91. The normalized spacial score (nSPS) is 18.8. The van der Waals surface area contributed by atoms with Crippen molar-refractivity contribution in [1.29, 1.82) is 0 Å². The quantitative estimate of drug-likeness (QED) is 0.784. The molecule has 5 heteroatoms. The second kappa shape index (κ2) is 6.58. The lowest BCUT2D eigenvalue weighted by atomic mass is 9.92. The Morgan fingerprint density at radius 3 is 2.73 bits per heavy atom. The average Bonchev–Trinajstić information content (AvgIpc) is 3.17. The summed E-state index contributed by atoms with van der Waals surface area (Å²) in [6.07, 6.45) is 6.11. The van der Waals surface area contributed by atoms with Crippen LogP contribution in [-0.2, 0) is 6.54 Å². The number of hydrogen-bond donors (Lipinski definition) is 2. The van der Waals surface area contributed by atoms with Gasteiger partial charge in [-0.1, -0.05) is 30.3 Å². The van der Waals surface area contributed by atoms with E-state index in [1.54, 1.807) is 12.7 Å². The molecule has 0 saturated heterocycles. The van der Waals surface area contributed by atoms with Gasteiger partial charge in [0.25, 0.3) is 0 Å². The minimum absolute atomic E-state index is 0.0167. The van der Waals surface area contributed by atoms with Crippen molar-refractivity contribution < 1.29 is 5.11 Å². The smallest absolute Gasteiger partial charge is 0.137 e. The Bertz CT molecular complexity index is 566. The van der Waals surface area contributed by atoms with Crippen LogP contribution in [0.4, 0.5) is 0 Å². The van der Waals surface area contributed by atoms with E-state index in [0.29, 0.717) is 6.04 Å². The van der Waals surface area contributed by atoms with Crippen molar-refractivity contribution in [2.75, 3.05) is 6.54 Å². The summed E-state index contributed by atoms with van der Waals surface area (Å²) in [6, 6.07) is 10.4. The lowest BCUT2D eigenvalue weighted by Gasteiger charge is -2.25. The number of aromatic nitrogens is 3. The van der Waals surface area contributed by atoms with E-state index in [9.17, 15) is 5.11 Å². The Morgan fingerprint density at radius 1 is 1.32 bits per heavy atom. The van der Waals surface area contributed by atoms with Gasteiger partial charge in [0.1, 0.15) is 12.7 Å². The molecule has 0 aliphatic heterocycles. The van der Waals surface area contributed by atoms with Crippen molar-refractivity contribution in [2.24, 2.45) is 5.41 Å². The van der Waals surface area contributed by atoms with E-state index >= 15 is 0 Å². The summed E-state index contributed by atoms with van der Waals surface area (Å²) >= 11 is 0. The summed E-state index contributed by atoms with van der Waals surface area (Å²) in [7, 11) is 0. The van der Waals surface area contributed by atoms with Gasteiger partial charge in [0.2, 0.25) is 0 Å². The molecule has 0 spiro atoms. The van der Waals surface area contributed by atoms with Gasteiger partial charge in [-0.15, -0.1) is 0 Å². The molecule has 1 saturated carbocycles. The van der Waals surface area contributed by atoms with E-state index < -0.39 is 0 Å². The van der Waals surface area contributed by atoms with E-state index in [-0.39, 0.29) is 11.5 Å². The summed E-state index contributed by atoms with van der Waals surface area (Å²) < 4.78 is 1.85. The molecule has 0 bridgehead atoms. The number of aryl methyl sites for hydroxylation is 1. The Hall–Kier alpha value is -1.72. The molecular formula is C17H24N4O. The maximum atomic E-state index is 10.6. The molecule has 2 unspecified atom stereocenters. The van der Waals surface area contributed by atoms with Gasteiger partial charge in [-0.05, 0) is 31.7 Å². The van der Waals surface area contributed by atoms with Crippen LogP contribution in [0, 0.1) is 5.41 Å². The topological polar surface area (TPSA) is 63.0 Å². The zero-order chi connectivity index (χ0) is 15.4. The van der Waals surface area contributed by atoms with Gasteiger partial charge >= 0.3 is 0 Å². The van der Waals surface area contributed by atoms with E-state index in [1.165, 1.54) is 0 Å². The zero-order valence-corrected chi connectivity index (χ0v) is 13.0. The molecule has 5 nitrogen and oxygen atoms in total. The van der Waals surface area contributed by atoms with Crippen molar-refractivity contribution in [3.8, 4) is 0 Å². The molecule has 3 rings (SSSR count). The number of hydrogen-bond acceptors (Lipinski definition) is 4. The molecule has 2 N–H and O–H groups in total. The van der Waals surface area contributed by atoms with Gasteiger partial charge < -0.3 is 10.4 Å². The lowest BCUT2D eigenvalue weighted by Crippen LogP contribution is -2.35. The van der Waals surface area contributed by atoms with Crippen LogP contribution in [0.3, 0.4) is 0 Å². The van der Waals surface area contributed by atoms with Crippen molar-refractivity contribution in [1.82, 2.24) is 20.1 Å². The van der Waals surface area contributed by atoms with E-state index in [2.05, 4.69) is 22.3 Å². The Labute approximate surface area is 131 Å². The monoisotopic (exact) mass is 300 g/mol. The number of rotatable bonds is 8. The highest BCUT2D eigenvalue weighted by atomic mass is 16.3. The van der Waals surface area contributed by atoms with Gasteiger partial charge in [-0.2, -0.15) is 5.10 Å². The van der Waals surface area contributed by atoms with Crippen LogP contribution in [0.15, 0.2) is 43.0 Å². The van der Waals surface area contributed by atoms with Crippen molar-refractivity contribution in [3.63, 3.8) is 0 Å². The molecule has 0 radical (unpaired) electrons. The first kappa shape index (κ1) is 15.2. The second-order valence-corrected chi connectivity index (χ2v) is 6.40. The summed E-state index contributed by atoms with van der Waals surface area (Å²) in [4.78, 5) is 3.95. The molecule has 1 aliphatic rings. The highest BCUT2D eigenvalue weighted by Crippen LogP contribution is 2.54. The standard InChI is InChI=1S/C17H24N4O/c1-14(7-10-21-13-18-12-20-21)19-11-17(8-9-17)16(22)15-5-3-2-4-6-15/h2-6,12-14,16,19,22H,7-11H2,1H3. The van der Waals surface area contributed by atoms with Crippen LogP contribution in [-0.4, -0.2) is 32.5 Å². The van der Waals surface area contributed by atoms with Crippen LogP contribution in [0.25, 0.3) is 0 Å². The number of benzene rings is 1. The zero-order valence-electron chi connectivity index (χ0n) is 13.0. The first-order valence-corrected chi connectivity index (χ1v) is 7.98. The number of aliphatic hydroxyl groups is 1. The summed E-state index contributed by atoms with van der Waals surface area (Å²) in [5, 5.41) is 18.3.